The Labute approximate surface area is 152 Å². The summed E-state index contributed by atoms with van der Waals surface area (Å²) in [5, 5.41) is 27.1. The number of amidine groups is 1. The summed E-state index contributed by atoms with van der Waals surface area (Å²) in [4.78, 5) is 18.3. The zero-order valence-corrected chi connectivity index (χ0v) is 14.6. The number of aliphatic carboxylic acids is 1. The van der Waals surface area contributed by atoms with Gasteiger partial charge in [0.15, 0.2) is 0 Å². The largest absolute Gasteiger partial charge is 0.480 e. The molecule has 1 aromatic carbocycles. The summed E-state index contributed by atoms with van der Waals surface area (Å²) in [5.41, 5.74) is 9.43. The van der Waals surface area contributed by atoms with E-state index in [0.717, 1.165) is 12.0 Å². The van der Waals surface area contributed by atoms with Crippen LogP contribution in [0.3, 0.4) is 0 Å². The van der Waals surface area contributed by atoms with Gasteiger partial charge in [-0.05, 0) is 24.8 Å². The summed E-state index contributed by atoms with van der Waals surface area (Å²) in [5.74, 6) is -0.793. The lowest BCUT2D eigenvalue weighted by atomic mass is 9.84. The van der Waals surface area contributed by atoms with E-state index in [9.17, 15) is 9.90 Å². The zero-order chi connectivity index (χ0) is 18.7. The van der Waals surface area contributed by atoms with Crippen molar-refractivity contribution in [2.45, 2.75) is 43.4 Å². The second-order valence-corrected chi connectivity index (χ2v) is 7.28. The molecule has 2 aliphatic rings. The van der Waals surface area contributed by atoms with Crippen LogP contribution < -0.4 is 11.2 Å². The molecule has 3 rings (SSSR count). The zero-order valence-electron chi connectivity index (χ0n) is 14.6. The summed E-state index contributed by atoms with van der Waals surface area (Å²) >= 11 is 0. The standard InChI is InChI=1S/C18H26N4O4/c19-17(20)13-3-1-12(2-4-13)15-9-14(26-21-15)10-18(25)5-7-22(8-6-18)11-16(23)24/h1-4,14-15,21,25H,5-11H2,(H3,19,20)(H,23,24). The molecule has 0 spiro atoms. The monoisotopic (exact) mass is 362 g/mol. The molecule has 2 atom stereocenters. The summed E-state index contributed by atoms with van der Waals surface area (Å²) < 4.78 is 0. The summed E-state index contributed by atoms with van der Waals surface area (Å²) in [7, 11) is 0. The maximum atomic E-state index is 10.8. The van der Waals surface area contributed by atoms with Crippen LogP contribution in [0.4, 0.5) is 0 Å². The third-order valence-corrected chi connectivity index (χ3v) is 5.25. The SMILES string of the molecule is N=C(N)c1ccc(C2CC(CC3(O)CCN(CC(=O)O)CC3)ON2)cc1. The Balaban J connectivity index is 1.51. The number of hydrogen-bond donors (Lipinski definition) is 5. The van der Waals surface area contributed by atoms with E-state index in [1.54, 1.807) is 0 Å². The predicted octanol–water partition coefficient (Wildman–Crippen LogP) is 0.607. The average molecular weight is 362 g/mol. The van der Waals surface area contributed by atoms with Gasteiger partial charge in [0.25, 0.3) is 0 Å². The van der Waals surface area contributed by atoms with Crippen molar-refractivity contribution in [1.29, 1.82) is 5.41 Å². The number of carboxylic acids is 1. The minimum atomic E-state index is -0.836. The number of carboxylic acid groups (broad SMARTS) is 1. The molecular formula is C18H26N4O4. The first-order chi connectivity index (χ1) is 12.3. The van der Waals surface area contributed by atoms with E-state index in [1.807, 2.05) is 29.2 Å². The Kier molecular flexibility index (Phi) is 5.57. The van der Waals surface area contributed by atoms with Crippen LogP contribution in [0.5, 0.6) is 0 Å². The maximum Gasteiger partial charge on any atom is 0.317 e. The molecule has 2 heterocycles. The van der Waals surface area contributed by atoms with Gasteiger partial charge in [-0.25, -0.2) is 0 Å². The van der Waals surface area contributed by atoms with Gasteiger partial charge in [-0.3, -0.25) is 19.9 Å². The van der Waals surface area contributed by atoms with Crippen molar-refractivity contribution in [1.82, 2.24) is 10.4 Å². The van der Waals surface area contributed by atoms with Crippen molar-refractivity contribution in [2.24, 2.45) is 5.73 Å². The lowest BCUT2D eigenvalue weighted by molar-refractivity contribution is -0.140. The number of benzene rings is 1. The molecule has 0 aromatic heterocycles. The highest BCUT2D eigenvalue weighted by Crippen LogP contribution is 2.34. The van der Waals surface area contributed by atoms with Crippen LogP contribution in [-0.4, -0.2) is 58.3 Å². The first kappa shape index (κ1) is 18.8. The highest BCUT2D eigenvalue weighted by molar-refractivity contribution is 5.94. The number of nitrogens with zero attached hydrogens (tertiary/aromatic N) is 1. The molecule has 2 aliphatic heterocycles. The van der Waals surface area contributed by atoms with E-state index in [2.05, 4.69) is 5.48 Å². The van der Waals surface area contributed by atoms with Crippen LogP contribution in [0.2, 0.25) is 0 Å². The molecule has 6 N–H and O–H groups in total. The van der Waals surface area contributed by atoms with Crippen LogP contribution in [0, 0.1) is 5.41 Å². The van der Waals surface area contributed by atoms with Gasteiger partial charge in [0, 0.05) is 25.1 Å². The molecule has 26 heavy (non-hydrogen) atoms. The third-order valence-electron chi connectivity index (χ3n) is 5.25. The fraction of sp³-hybridized carbons (Fsp3) is 0.556. The van der Waals surface area contributed by atoms with Crippen LogP contribution in [-0.2, 0) is 9.63 Å². The highest BCUT2D eigenvalue weighted by Gasteiger charge is 2.38. The van der Waals surface area contributed by atoms with Crippen LogP contribution in [0.25, 0.3) is 0 Å². The Bertz CT molecular complexity index is 656. The van der Waals surface area contributed by atoms with Crippen molar-refractivity contribution in [2.75, 3.05) is 19.6 Å². The number of likely N-dealkylation sites (tertiary alicyclic amines) is 1. The Morgan fingerprint density at radius 2 is 2.00 bits per heavy atom. The van der Waals surface area contributed by atoms with E-state index in [0.29, 0.717) is 37.9 Å². The van der Waals surface area contributed by atoms with Crippen LogP contribution >= 0.6 is 0 Å². The average Bonchev–Trinajstić information content (AvgIpc) is 3.05. The number of nitrogens with two attached hydrogens (primary N) is 1. The van der Waals surface area contributed by atoms with Gasteiger partial charge in [0.2, 0.25) is 0 Å². The van der Waals surface area contributed by atoms with Gasteiger partial charge in [0.1, 0.15) is 5.84 Å². The molecule has 142 valence electrons. The fourth-order valence-electron chi connectivity index (χ4n) is 3.71. The van der Waals surface area contributed by atoms with E-state index >= 15 is 0 Å². The van der Waals surface area contributed by atoms with E-state index in [-0.39, 0.29) is 24.5 Å². The topological polar surface area (TPSA) is 132 Å². The molecule has 1 aromatic rings. The van der Waals surface area contributed by atoms with Gasteiger partial charge >= 0.3 is 5.97 Å². The van der Waals surface area contributed by atoms with Crippen LogP contribution in [0.1, 0.15) is 42.9 Å². The summed E-state index contributed by atoms with van der Waals surface area (Å²) in [6.07, 6.45) is 2.29. The van der Waals surface area contributed by atoms with Crippen molar-refractivity contribution in [3.05, 3.63) is 35.4 Å². The maximum absolute atomic E-state index is 10.8. The first-order valence-corrected chi connectivity index (χ1v) is 8.87. The second kappa shape index (κ2) is 7.71. The summed E-state index contributed by atoms with van der Waals surface area (Å²) in [6, 6.07) is 7.53. The predicted molar refractivity (Wildman–Crippen MR) is 95.7 cm³/mol. The molecule has 0 amide bonds. The number of carbonyl (C=O) groups is 1. The molecule has 2 fully saturated rings. The van der Waals surface area contributed by atoms with Crippen molar-refractivity contribution >= 4 is 11.8 Å². The quantitative estimate of drug-likeness (QED) is 0.370. The highest BCUT2D eigenvalue weighted by atomic mass is 16.7. The second-order valence-electron chi connectivity index (χ2n) is 7.28. The Hall–Kier alpha value is -2.00. The fourth-order valence-corrected chi connectivity index (χ4v) is 3.71. The molecule has 8 heteroatoms. The number of hydrogen-bond acceptors (Lipinski definition) is 6. The normalized spacial score (nSPS) is 25.9. The minimum absolute atomic E-state index is 0.0237. The van der Waals surface area contributed by atoms with Crippen LogP contribution in [0.15, 0.2) is 24.3 Å². The van der Waals surface area contributed by atoms with Crippen molar-refractivity contribution in [3.63, 3.8) is 0 Å². The van der Waals surface area contributed by atoms with E-state index in [1.165, 1.54) is 0 Å². The van der Waals surface area contributed by atoms with Gasteiger partial charge in [-0.2, -0.15) is 5.48 Å². The third kappa shape index (κ3) is 4.59. The number of rotatable bonds is 6. The number of piperidine rings is 1. The summed E-state index contributed by atoms with van der Waals surface area (Å²) in [6.45, 7) is 1.19. The number of nitrogens with one attached hydrogen (secondary N) is 2. The molecule has 2 saturated heterocycles. The molecule has 0 saturated carbocycles. The lowest BCUT2D eigenvalue weighted by Crippen LogP contribution is -2.47. The van der Waals surface area contributed by atoms with Crippen molar-refractivity contribution < 1.29 is 19.8 Å². The van der Waals surface area contributed by atoms with Gasteiger partial charge in [0.05, 0.1) is 24.3 Å². The molecule has 8 nitrogen and oxygen atoms in total. The van der Waals surface area contributed by atoms with Gasteiger partial charge in [-0.15, -0.1) is 0 Å². The van der Waals surface area contributed by atoms with E-state index < -0.39 is 11.6 Å². The number of hydroxylamine groups is 1. The lowest BCUT2D eigenvalue weighted by Gasteiger charge is -2.38. The Morgan fingerprint density at radius 1 is 1.35 bits per heavy atom. The Morgan fingerprint density at radius 3 is 2.58 bits per heavy atom. The molecule has 0 bridgehead atoms. The van der Waals surface area contributed by atoms with Gasteiger partial charge in [-0.1, -0.05) is 24.3 Å². The molecule has 2 unspecified atom stereocenters. The number of nitrogen functional groups attached to an aromatic ring is 1. The first-order valence-electron chi connectivity index (χ1n) is 8.87. The number of aliphatic hydroxyl groups is 1. The van der Waals surface area contributed by atoms with E-state index in [4.69, 9.17) is 21.1 Å². The smallest absolute Gasteiger partial charge is 0.317 e. The van der Waals surface area contributed by atoms with Gasteiger partial charge < -0.3 is 15.9 Å². The van der Waals surface area contributed by atoms with Crippen molar-refractivity contribution in [3.8, 4) is 0 Å². The molecular weight excluding hydrogens is 336 g/mol. The molecule has 0 radical (unpaired) electrons. The molecule has 0 aliphatic carbocycles. The minimum Gasteiger partial charge on any atom is -0.480 e.